The van der Waals surface area contributed by atoms with E-state index in [4.69, 9.17) is 24.7 Å². The zero-order valence-corrected chi connectivity index (χ0v) is 20.9. The van der Waals surface area contributed by atoms with Gasteiger partial charge in [0.1, 0.15) is 21.7 Å². The summed E-state index contributed by atoms with van der Waals surface area (Å²) in [6, 6.07) is 14.0. The maximum Gasteiger partial charge on any atom is 0.357 e. The summed E-state index contributed by atoms with van der Waals surface area (Å²) >= 11 is 1.04. The van der Waals surface area contributed by atoms with Gasteiger partial charge in [-0.2, -0.15) is 0 Å². The van der Waals surface area contributed by atoms with Crippen molar-refractivity contribution < 1.29 is 33.3 Å². The number of esters is 2. The van der Waals surface area contributed by atoms with Gasteiger partial charge in [0.2, 0.25) is 5.91 Å². The van der Waals surface area contributed by atoms with Crippen molar-refractivity contribution in [3.63, 3.8) is 0 Å². The van der Waals surface area contributed by atoms with Crippen molar-refractivity contribution in [1.82, 2.24) is 4.57 Å². The van der Waals surface area contributed by atoms with E-state index in [9.17, 15) is 14.4 Å². The minimum atomic E-state index is -0.846. The highest BCUT2D eigenvalue weighted by Gasteiger charge is 2.38. The van der Waals surface area contributed by atoms with Gasteiger partial charge >= 0.3 is 11.9 Å². The highest BCUT2D eigenvalue weighted by molar-refractivity contribution is 8.10. The molecule has 186 valence electrons. The Morgan fingerprint density at radius 1 is 0.889 bits per heavy atom. The third-order valence-electron chi connectivity index (χ3n) is 5.74. The van der Waals surface area contributed by atoms with Crippen LogP contribution in [-0.4, -0.2) is 50.9 Å². The number of anilines is 1. The third kappa shape index (κ3) is 4.31. The number of carbonyl (C=O) groups is 3. The van der Waals surface area contributed by atoms with Crippen molar-refractivity contribution in [1.29, 1.82) is 0 Å². The van der Waals surface area contributed by atoms with Crippen molar-refractivity contribution in [2.75, 3.05) is 34.2 Å². The number of methoxy groups -OCH3 is 4. The molecule has 0 fully saturated rings. The van der Waals surface area contributed by atoms with Gasteiger partial charge in [0.25, 0.3) is 0 Å². The number of nitrogens with zero attached hydrogens (tertiary/aromatic N) is 1. The van der Waals surface area contributed by atoms with Gasteiger partial charge in [0, 0.05) is 5.22 Å². The summed E-state index contributed by atoms with van der Waals surface area (Å²) in [4.78, 5) is 39.7. The van der Waals surface area contributed by atoms with Gasteiger partial charge in [0.05, 0.1) is 39.5 Å². The van der Waals surface area contributed by atoms with Crippen LogP contribution in [0, 0.1) is 0 Å². The van der Waals surface area contributed by atoms with E-state index in [1.165, 1.54) is 21.3 Å². The molecule has 1 aliphatic heterocycles. The number of carbonyl (C=O) groups excluding carboxylic acids is 3. The summed E-state index contributed by atoms with van der Waals surface area (Å²) in [7, 11) is 5.54. The maximum absolute atomic E-state index is 13.8. The van der Waals surface area contributed by atoms with E-state index in [1.54, 1.807) is 61.7 Å². The average Bonchev–Trinajstić information content (AvgIpc) is 3.20. The minimum absolute atomic E-state index is 0.0124. The van der Waals surface area contributed by atoms with Crippen LogP contribution in [-0.2, 0) is 14.3 Å². The minimum Gasteiger partial charge on any atom is -0.497 e. The Morgan fingerprint density at radius 3 is 1.97 bits per heavy atom. The SMILES string of the molecule is COC(=O)C1=c2/c(=C/c3ccc(OC)cc3)c(N)c(C(=O)OC)n2C(=O)[C@H](c2ccc(OC)cc2)S1. The molecule has 0 radical (unpaired) electrons. The molecule has 1 aromatic heterocycles. The molecule has 0 saturated heterocycles. The number of thioether (sulfide) groups is 1. The van der Waals surface area contributed by atoms with Gasteiger partial charge in [-0.1, -0.05) is 36.0 Å². The number of aromatic nitrogens is 1. The zero-order valence-electron chi connectivity index (χ0n) is 20.1. The Balaban J connectivity index is 2.04. The second-order valence-corrected chi connectivity index (χ2v) is 8.81. The molecule has 10 heteroatoms. The maximum atomic E-state index is 13.8. The quantitative estimate of drug-likeness (QED) is 0.499. The third-order valence-corrected chi connectivity index (χ3v) is 7.04. The lowest BCUT2D eigenvalue weighted by atomic mass is 10.1. The second kappa shape index (κ2) is 10.2. The summed E-state index contributed by atoms with van der Waals surface area (Å²) in [6.45, 7) is 0. The smallest absolute Gasteiger partial charge is 0.357 e. The molecular weight excluding hydrogens is 484 g/mol. The van der Waals surface area contributed by atoms with Gasteiger partial charge < -0.3 is 24.7 Å². The van der Waals surface area contributed by atoms with Gasteiger partial charge in [-0.25, -0.2) is 9.59 Å². The van der Waals surface area contributed by atoms with E-state index < -0.39 is 23.1 Å². The fourth-order valence-corrected chi connectivity index (χ4v) is 5.16. The Morgan fingerprint density at radius 2 is 1.44 bits per heavy atom. The molecule has 1 aliphatic rings. The molecule has 2 heterocycles. The largest absolute Gasteiger partial charge is 0.497 e. The molecule has 1 atom stereocenters. The molecule has 36 heavy (non-hydrogen) atoms. The molecular formula is C26H24N2O7S. The lowest BCUT2D eigenvalue weighted by Gasteiger charge is -2.23. The van der Waals surface area contributed by atoms with E-state index >= 15 is 0 Å². The van der Waals surface area contributed by atoms with Crippen molar-refractivity contribution in [3.8, 4) is 11.5 Å². The van der Waals surface area contributed by atoms with Crippen LogP contribution in [0.5, 0.6) is 11.5 Å². The standard InChI is InChI=1S/C26H24N2O7S/c1-32-16-9-5-14(6-10-16)13-18-19(27)21(25(30)34-3)28-20(18)23(26(31)35-4)36-22(24(28)29)15-7-11-17(33-2)12-8-15/h5-13,22H,27H2,1-4H3/b18-13+/t22-/m0/s1. The van der Waals surface area contributed by atoms with E-state index in [2.05, 4.69) is 0 Å². The first-order valence-electron chi connectivity index (χ1n) is 10.8. The molecule has 0 saturated carbocycles. The van der Waals surface area contributed by atoms with E-state index in [0.717, 1.165) is 16.3 Å². The summed E-state index contributed by atoms with van der Waals surface area (Å²) < 4.78 is 21.6. The zero-order chi connectivity index (χ0) is 26.0. The van der Waals surface area contributed by atoms with Crippen LogP contribution < -0.4 is 25.8 Å². The molecule has 4 rings (SSSR count). The van der Waals surface area contributed by atoms with Crippen LogP contribution in [0.3, 0.4) is 0 Å². The van der Waals surface area contributed by atoms with Crippen molar-refractivity contribution in [2.24, 2.45) is 0 Å². The summed E-state index contributed by atoms with van der Waals surface area (Å²) in [5, 5.41) is -0.341. The van der Waals surface area contributed by atoms with Crippen molar-refractivity contribution in [3.05, 3.63) is 75.9 Å². The Kier molecular flexibility index (Phi) is 7.07. The van der Waals surface area contributed by atoms with Crippen molar-refractivity contribution in [2.45, 2.75) is 5.25 Å². The molecule has 2 aromatic carbocycles. The normalized spacial score (nSPS) is 15.3. The predicted molar refractivity (Wildman–Crippen MR) is 135 cm³/mol. The molecule has 0 amide bonds. The topological polar surface area (TPSA) is 119 Å². The van der Waals surface area contributed by atoms with Crippen molar-refractivity contribution >= 4 is 46.3 Å². The van der Waals surface area contributed by atoms with Gasteiger partial charge in [0.15, 0.2) is 5.69 Å². The number of fused-ring (bicyclic) bond motifs is 1. The summed E-state index contributed by atoms with van der Waals surface area (Å²) in [5.41, 5.74) is 7.62. The van der Waals surface area contributed by atoms with Crippen LogP contribution >= 0.6 is 11.8 Å². The highest BCUT2D eigenvalue weighted by Crippen LogP contribution is 2.40. The first-order valence-corrected chi connectivity index (χ1v) is 11.6. The summed E-state index contributed by atoms with van der Waals surface area (Å²) in [5.74, 6) is -0.646. The fraction of sp³-hybridized carbons (Fsp3) is 0.192. The Hall–Kier alpha value is -4.18. The van der Waals surface area contributed by atoms with E-state index in [-0.39, 0.29) is 21.6 Å². The van der Waals surface area contributed by atoms with Crippen LogP contribution in [0.1, 0.15) is 31.7 Å². The number of ether oxygens (including phenoxy) is 4. The first kappa shape index (κ1) is 24.9. The van der Waals surface area contributed by atoms with Crippen LogP contribution in [0.25, 0.3) is 11.0 Å². The van der Waals surface area contributed by atoms with Gasteiger partial charge in [-0.15, -0.1) is 0 Å². The molecule has 0 unspecified atom stereocenters. The number of rotatable bonds is 6. The lowest BCUT2D eigenvalue weighted by molar-refractivity contribution is -0.133. The molecule has 0 spiro atoms. The van der Waals surface area contributed by atoms with Crippen LogP contribution in [0.4, 0.5) is 5.69 Å². The monoisotopic (exact) mass is 508 g/mol. The van der Waals surface area contributed by atoms with Gasteiger partial charge in [-0.3, -0.25) is 9.36 Å². The first-order chi connectivity index (χ1) is 17.3. The highest BCUT2D eigenvalue weighted by atomic mass is 32.2. The second-order valence-electron chi connectivity index (χ2n) is 7.70. The lowest BCUT2D eigenvalue weighted by Crippen LogP contribution is -2.42. The summed E-state index contributed by atoms with van der Waals surface area (Å²) in [6.07, 6.45) is 1.69. The van der Waals surface area contributed by atoms with Crippen LogP contribution in [0.2, 0.25) is 0 Å². The predicted octanol–water partition coefficient (Wildman–Crippen LogP) is 2.11. The Labute approximate surface area is 211 Å². The van der Waals surface area contributed by atoms with Crippen LogP contribution in [0.15, 0.2) is 48.5 Å². The molecule has 3 aromatic rings. The Bertz CT molecular complexity index is 1460. The number of benzene rings is 2. The number of nitrogen functional groups attached to an aromatic ring is 1. The molecule has 9 nitrogen and oxygen atoms in total. The van der Waals surface area contributed by atoms with E-state index in [0.29, 0.717) is 27.8 Å². The van der Waals surface area contributed by atoms with E-state index in [1.807, 2.05) is 0 Å². The molecule has 0 aliphatic carbocycles. The number of hydrogen-bond donors (Lipinski definition) is 1. The fourth-order valence-electron chi connectivity index (χ4n) is 3.93. The number of hydrogen-bond acceptors (Lipinski definition) is 9. The van der Waals surface area contributed by atoms with Gasteiger partial charge in [-0.05, 0) is 41.5 Å². The molecule has 2 N–H and O–H groups in total. The number of nitrogens with two attached hydrogens (primary N) is 1. The average molecular weight is 509 g/mol. The molecule has 0 bridgehead atoms.